The van der Waals surface area contributed by atoms with Crippen LogP contribution in [-0.4, -0.2) is 37.2 Å². The van der Waals surface area contributed by atoms with Crippen LogP contribution in [0.4, 0.5) is 0 Å². The Labute approximate surface area is 428 Å². The molecule has 0 aromatic heterocycles. The van der Waals surface area contributed by atoms with Crippen LogP contribution >= 0.6 is 0 Å². The number of carbonyl (C=O) groups excluding carboxylic acids is 3. The number of unbranched alkanes of at least 4 members (excludes halogenated alkanes) is 36. The minimum absolute atomic E-state index is 0.0804. The second kappa shape index (κ2) is 57.9. The van der Waals surface area contributed by atoms with Crippen molar-refractivity contribution in [2.75, 3.05) is 13.2 Å². The first-order valence-corrected chi connectivity index (χ1v) is 30.1. The molecule has 0 aliphatic carbocycles. The third-order valence-electron chi connectivity index (χ3n) is 13.3. The van der Waals surface area contributed by atoms with Gasteiger partial charge in [-0.05, 0) is 77.0 Å². The normalized spacial score (nSPS) is 12.3. The molecule has 0 heterocycles. The van der Waals surface area contributed by atoms with Crippen molar-refractivity contribution in [1.29, 1.82) is 0 Å². The summed E-state index contributed by atoms with van der Waals surface area (Å²) in [6.45, 7) is 6.54. The number of esters is 3. The Balaban J connectivity index is 4.32. The predicted octanol–water partition coefficient (Wildman–Crippen LogP) is 20.2. The summed E-state index contributed by atoms with van der Waals surface area (Å²) in [5.41, 5.74) is 0. The van der Waals surface area contributed by atoms with Gasteiger partial charge in [0, 0.05) is 19.3 Å². The lowest BCUT2D eigenvalue weighted by molar-refractivity contribution is -0.167. The molecule has 6 nitrogen and oxygen atoms in total. The van der Waals surface area contributed by atoms with E-state index in [1.54, 1.807) is 0 Å². The first kappa shape index (κ1) is 66.4. The van der Waals surface area contributed by atoms with E-state index >= 15 is 0 Å². The summed E-state index contributed by atoms with van der Waals surface area (Å²) >= 11 is 0. The summed E-state index contributed by atoms with van der Waals surface area (Å²) in [6, 6.07) is 0. The van der Waals surface area contributed by atoms with Crippen LogP contribution in [0.3, 0.4) is 0 Å². The van der Waals surface area contributed by atoms with E-state index in [1.807, 2.05) is 0 Å². The third kappa shape index (κ3) is 56.2. The highest BCUT2D eigenvalue weighted by atomic mass is 16.6. The number of hydrogen-bond acceptors (Lipinski definition) is 6. The van der Waals surface area contributed by atoms with Crippen LogP contribution in [0, 0.1) is 0 Å². The van der Waals surface area contributed by atoms with Crippen molar-refractivity contribution >= 4 is 17.9 Å². The largest absolute Gasteiger partial charge is 0.462 e. The van der Waals surface area contributed by atoms with Gasteiger partial charge in [0.15, 0.2) is 6.10 Å². The van der Waals surface area contributed by atoms with Crippen molar-refractivity contribution in [1.82, 2.24) is 0 Å². The zero-order valence-electron chi connectivity index (χ0n) is 46.1. The Morgan fingerprint density at radius 3 is 0.913 bits per heavy atom. The van der Waals surface area contributed by atoms with E-state index in [4.69, 9.17) is 14.2 Å². The standard InChI is InChI=1S/C63H114O6/c1-4-7-10-13-16-19-22-25-27-29-30-31-32-34-35-38-41-44-47-50-53-56-62(65)68-59-60(58-67-61(64)55-52-49-46-43-40-37-24-21-18-15-12-9-6-3)69-63(66)57-54-51-48-45-42-39-36-33-28-26-23-20-17-14-11-8-5-2/h9,12,18,21,29-30,37,40,60H,4-8,10-11,13-17,19-20,22-28,31-36,38-39,41-59H2,1-3H3/b12-9-,21-18-,30-29-,40-37-. The number of hydrogen-bond donors (Lipinski definition) is 0. The summed E-state index contributed by atoms with van der Waals surface area (Å²) < 4.78 is 16.9. The Bertz CT molecular complexity index is 1200. The molecule has 402 valence electrons. The number of carbonyl (C=O) groups is 3. The molecule has 0 aliphatic heterocycles. The molecule has 6 heteroatoms. The molecule has 0 saturated carbocycles. The molecule has 1 unspecified atom stereocenters. The van der Waals surface area contributed by atoms with Crippen molar-refractivity contribution < 1.29 is 28.6 Å². The topological polar surface area (TPSA) is 78.9 Å². The van der Waals surface area contributed by atoms with Gasteiger partial charge in [0.05, 0.1) is 0 Å². The van der Waals surface area contributed by atoms with Gasteiger partial charge < -0.3 is 14.2 Å². The quantitative estimate of drug-likeness (QED) is 0.0262. The molecule has 0 amide bonds. The molecule has 69 heavy (non-hydrogen) atoms. The smallest absolute Gasteiger partial charge is 0.306 e. The van der Waals surface area contributed by atoms with Crippen molar-refractivity contribution in [3.63, 3.8) is 0 Å². The summed E-state index contributed by atoms with van der Waals surface area (Å²) in [5.74, 6) is -0.896. The summed E-state index contributed by atoms with van der Waals surface area (Å²) in [5, 5.41) is 0. The van der Waals surface area contributed by atoms with Crippen molar-refractivity contribution in [2.45, 2.75) is 322 Å². The van der Waals surface area contributed by atoms with E-state index in [0.29, 0.717) is 19.3 Å². The highest BCUT2D eigenvalue weighted by molar-refractivity contribution is 5.71. The van der Waals surface area contributed by atoms with Crippen LogP contribution in [0.1, 0.15) is 316 Å². The van der Waals surface area contributed by atoms with Gasteiger partial charge >= 0.3 is 17.9 Å². The van der Waals surface area contributed by atoms with Crippen LogP contribution < -0.4 is 0 Å². The molecule has 0 bridgehead atoms. The van der Waals surface area contributed by atoms with Gasteiger partial charge in [0.25, 0.3) is 0 Å². The van der Waals surface area contributed by atoms with Gasteiger partial charge in [-0.15, -0.1) is 0 Å². The average molecular weight is 968 g/mol. The van der Waals surface area contributed by atoms with Gasteiger partial charge in [-0.25, -0.2) is 0 Å². The van der Waals surface area contributed by atoms with Crippen molar-refractivity contribution in [3.8, 4) is 0 Å². The molecular formula is C63H114O6. The van der Waals surface area contributed by atoms with Gasteiger partial charge in [0.1, 0.15) is 13.2 Å². The van der Waals surface area contributed by atoms with Crippen LogP contribution in [-0.2, 0) is 28.6 Å². The maximum atomic E-state index is 12.9. The molecule has 0 aliphatic rings. The maximum Gasteiger partial charge on any atom is 0.306 e. The van der Waals surface area contributed by atoms with E-state index in [2.05, 4.69) is 69.4 Å². The zero-order valence-corrected chi connectivity index (χ0v) is 46.1. The van der Waals surface area contributed by atoms with Gasteiger partial charge in [-0.2, -0.15) is 0 Å². The Morgan fingerprint density at radius 2 is 0.565 bits per heavy atom. The van der Waals surface area contributed by atoms with Gasteiger partial charge in [-0.3, -0.25) is 14.4 Å². The van der Waals surface area contributed by atoms with Crippen LogP contribution in [0.5, 0.6) is 0 Å². The maximum absolute atomic E-state index is 12.9. The lowest BCUT2D eigenvalue weighted by Gasteiger charge is -2.18. The molecule has 0 fully saturated rings. The first-order valence-electron chi connectivity index (χ1n) is 30.1. The van der Waals surface area contributed by atoms with Crippen molar-refractivity contribution in [3.05, 3.63) is 48.6 Å². The fraction of sp³-hybridized carbons (Fsp3) is 0.825. The fourth-order valence-corrected chi connectivity index (χ4v) is 8.81. The number of ether oxygens (including phenoxy) is 3. The SMILES string of the molecule is CC/C=C\C/C=C\C/C=C\CCCCCC(=O)OCC(COC(=O)CCCCCCCCCCC/C=C\CCCCCCCCCC)OC(=O)CCCCCCCCCCCCCCCCCCC. The monoisotopic (exact) mass is 967 g/mol. The molecule has 0 aromatic carbocycles. The Kier molecular flexibility index (Phi) is 55.7. The lowest BCUT2D eigenvalue weighted by atomic mass is 10.0. The molecule has 1 atom stereocenters. The Hall–Kier alpha value is -2.63. The van der Waals surface area contributed by atoms with E-state index in [-0.39, 0.29) is 31.1 Å². The van der Waals surface area contributed by atoms with Gasteiger partial charge in [0.2, 0.25) is 0 Å². The fourth-order valence-electron chi connectivity index (χ4n) is 8.81. The molecule has 0 N–H and O–H groups in total. The van der Waals surface area contributed by atoms with Crippen molar-refractivity contribution in [2.24, 2.45) is 0 Å². The van der Waals surface area contributed by atoms with Crippen LogP contribution in [0.15, 0.2) is 48.6 Å². The molecule has 0 rings (SSSR count). The van der Waals surface area contributed by atoms with Crippen LogP contribution in [0.25, 0.3) is 0 Å². The van der Waals surface area contributed by atoms with E-state index in [1.165, 1.54) is 193 Å². The van der Waals surface area contributed by atoms with E-state index < -0.39 is 6.10 Å². The summed E-state index contributed by atoms with van der Waals surface area (Å²) in [4.78, 5) is 38.2. The second-order valence-corrected chi connectivity index (χ2v) is 20.2. The minimum atomic E-state index is -0.784. The third-order valence-corrected chi connectivity index (χ3v) is 13.3. The molecule has 0 aromatic rings. The van der Waals surface area contributed by atoms with E-state index in [9.17, 15) is 14.4 Å². The minimum Gasteiger partial charge on any atom is -0.462 e. The zero-order chi connectivity index (χ0) is 50.0. The highest BCUT2D eigenvalue weighted by Crippen LogP contribution is 2.17. The molecule has 0 spiro atoms. The molecule has 0 saturated heterocycles. The van der Waals surface area contributed by atoms with Crippen LogP contribution in [0.2, 0.25) is 0 Å². The molecule has 0 radical (unpaired) electrons. The van der Waals surface area contributed by atoms with E-state index in [0.717, 1.165) is 83.5 Å². The van der Waals surface area contributed by atoms with Gasteiger partial charge in [-0.1, -0.05) is 268 Å². The summed E-state index contributed by atoms with van der Waals surface area (Å²) in [6.07, 6.45) is 71.1. The number of allylic oxidation sites excluding steroid dienone is 8. The second-order valence-electron chi connectivity index (χ2n) is 20.2. The molecular weight excluding hydrogens is 853 g/mol. The first-order chi connectivity index (χ1) is 34.0. The lowest BCUT2D eigenvalue weighted by Crippen LogP contribution is -2.30. The highest BCUT2D eigenvalue weighted by Gasteiger charge is 2.19. The summed E-state index contributed by atoms with van der Waals surface area (Å²) in [7, 11) is 0. The number of rotatable bonds is 55. The Morgan fingerprint density at radius 1 is 0.304 bits per heavy atom. The average Bonchev–Trinajstić information content (AvgIpc) is 3.35. The predicted molar refractivity (Wildman–Crippen MR) is 298 cm³/mol.